The van der Waals surface area contributed by atoms with Crippen molar-refractivity contribution in [2.24, 2.45) is 0 Å². The standard InChI is InChI=1S/C5H7ClO2/c1-2-3-8-5(7)4-6/h2-3H,4H2,1H3/b3-2+. The normalized spacial score (nSPS) is 9.75. The summed E-state index contributed by atoms with van der Waals surface area (Å²) in [6, 6.07) is 0. The van der Waals surface area contributed by atoms with Crippen molar-refractivity contribution in [2.75, 3.05) is 5.88 Å². The zero-order valence-corrected chi connectivity index (χ0v) is 5.31. The zero-order valence-electron chi connectivity index (χ0n) is 4.56. The average molecular weight is 135 g/mol. The number of carbonyl (C=O) groups excluding carboxylic acids is 1. The number of esters is 1. The highest BCUT2D eigenvalue weighted by atomic mass is 35.5. The predicted octanol–water partition coefficient (Wildman–Crippen LogP) is 1.30. The first-order valence-corrected chi connectivity index (χ1v) is 2.71. The van der Waals surface area contributed by atoms with Crippen molar-refractivity contribution in [1.82, 2.24) is 0 Å². The van der Waals surface area contributed by atoms with E-state index < -0.39 is 5.97 Å². The van der Waals surface area contributed by atoms with Crippen LogP contribution in [0.4, 0.5) is 0 Å². The van der Waals surface area contributed by atoms with E-state index in [-0.39, 0.29) is 5.88 Å². The number of carbonyl (C=O) groups is 1. The van der Waals surface area contributed by atoms with E-state index in [1.54, 1.807) is 13.0 Å². The Kier molecular flexibility index (Phi) is 4.36. The van der Waals surface area contributed by atoms with Crippen LogP contribution in [-0.4, -0.2) is 11.8 Å². The summed E-state index contributed by atoms with van der Waals surface area (Å²) >= 11 is 5.08. The first kappa shape index (κ1) is 7.50. The van der Waals surface area contributed by atoms with E-state index in [0.29, 0.717) is 0 Å². The summed E-state index contributed by atoms with van der Waals surface area (Å²) < 4.78 is 4.39. The Morgan fingerprint density at radius 1 is 1.88 bits per heavy atom. The SMILES string of the molecule is C/C=C/OC(=O)CCl. The molecule has 0 aliphatic carbocycles. The summed E-state index contributed by atoms with van der Waals surface area (Å²) in [5.41, 5.74) is 0. The van der Waals surface area contributed by atoms with Gasteiger partial charge in [-0.2, -0.15) is 0 Å². The summed E-state index contributed by atoms with van der Waals surface area (Å²) in [5, 5.41) is 0. The van der Waals surface area contributed by atoms with E-state index in [4.69, 9.17) is 11.6 Å². The lowest BCUT2D eigenvalue weighted by molar-refractivity contribution is -0.135. The maximum atomic E-state index is 10.2. The fraction of sp³-hybridized carbons (Fsp3) is 0.400. The Hall–Kier alpha value is -0.500. The van der Waals surface area contributed by atoms with Crippen LogP contribution in [0.5, 0.6) is 0 Å². The van der Waals surface area contributed by atoms with E-state index in [1.165, 1.54) is 6.26 Å². The quantitative estimate of drug-likeness (QED) is 0.323. The number of halogens is 1. The molecular weight excluding hydrogens is 128 g/mol. The van der Waals surface area contributed by atoms with E-state index in [1.807, 2.05) is 0 Å². The summed E-state index contributed by atoms with van der Waals surface area (Å²) in [4.78, 5) is 10.2. The van der Waals surface area contributed by atoms with Crippen LogP contribution in [0.3, 0.4) is 0 Å². The maximum absolute atomic E-state index is 10.2. The molecule has 0 atom stereocenters. The van der Waals surface area contributed by atoms with Crippen molar-refractivity contribution in [3.05, 3.63) is 12.3 Å². The van der Waals surface area contributed by atoms with Crippen molar-refractivity contribution >= 4 is 17.6 Å². The third kappa shape index (κ3) is 3.68. The van der Waals surface area contributed by atoms with Crippen LogP contribution in [0.15, 0.2) is 12.3 Å². The molecule has 0 N–H and O–H groups in total. The molecule has 0 saturated heterocycles. The highest BCUT2D eigenvalue weighted by molar-refractivity contribution is 6.26. The monoisotopic (exact) mass is 134 g/mol. The van der Waals surface area contributed by atoms with E-state index in [2.05, 4.69) is 4.74 Å². The Balaban J connectivity index is 3.25. The molecule has 0 heterocycles. The second kappa shape index (κ2) is 4.65. The van der Waals surface area contributed by atoms with Crippen LogP contribution in [0.25, 0.3) is 0 Å². The van der Waals surface area contributed by atoms with Gasteiger partial charge in [-0.1, -0.05) is 6.08 Å². The Bertz CT molecular complexity index is 98.6. The molecule has 0 aromatic rings. The van der Waals surface area contributed by atoms with Crippen molar-refractivity contribution < 1.29 is 9.53 Å². The molecule has 2 nitrogen and oxygen atoms in total. The van der Waals surface area contributed by atoms with Gasteiger partial charge >= 0.3 is 5.97 Å². The minimum Gasteiger partial charge on any atom is -0.434 e. The molecule has 0 rings (SSSR count). The van der Waals surface area contributed by atoms with Gasteiger partial charge in [0.2, 0.25) is 0 Å². The Morgan fingerprint density at radius 2 is 2.50 bits per heavy atom. The predicted molar refractivity (Wildman–Crippen MR) is 31.6 cm³/mol. The molecule has 8 heavy (non-hydrogen) atoms. The van der Waals surface area contributed by atoms with Gasteiger partial charge in [-0.3, -0.25) is 4.79 Å². The van der Waals surface area contributed by atoms with Crippen LogP contribution in [0.1, 0.15) is 6.92 Å². The number of ether oxygens (including phenoxy) is 1. The van der Waals surface area contributed by atoms with Gasteiger partial charge in [-0.05, 0) is 6.92 Å². The van der Waals surface area contributed by atoms with Crippen molar-refractivity contribution in [3.63, 3.8) is 0 Å². The van der Waals surface area contributed by atoms with Gasteiger partial charge in [-0.25, -0.2) is 0 Å². The fourth-order valence-electron chi connectivity index (χ4n) is 0.175. The van der Waals surface area contributed by atoms with Gasteiger partial charge in [0, 0.05) is 0 Å². The van der Waals surface area contributed by atoms with E-state index in [9.17, 15) is 4.79 Å². The first-order chi connectivity index (χ1) is 3.81. The number of rotatable bonds is 2. The highest BCUT2D eigenvalue weighted by Gasteiger charge is 1.92. The molecular formula is C5H7ClO2. The van der Waals surface area contributed by atoms with Crippen LogP contribution in [0, 0.1) is 0 Å². The Labute approximate surface area is 53.1 Å². The Morgan fingerprint density at radius 3 is 2.88 bits per heavy atom. The second-order valence-corrected chi connectivity index (χ2v) is 1.36. The molecule has 0 aromatic carbocycles. The summed E-state index contributed by atoms with van der Waals surface area (Å²) in [5.74, 6) is -0.519. The molecule has 0 aromatic heterocycles. The molecule has 3 heteroatoms. The number of allylic oxidation sites excluding steroid dienone is 1. The van der Waals surface area contributed by atoms with Gasteiger partial charge in [0.25, 0.3) is 0 Å². The zero-order chi connectivity index (χ0) is 6.41. The van der Waals surface area contributed by atoms with E-state index >= 15 is 0 Å². The molecule has 0 aliphatic rings. The van der Waals surface area contributed by atoms with Gasteiger partial charge in [-0.15, -0.1) is 11.6 Å². The molecule has 0 saturated carbocycles. The molecule has 46 valence electrons. The third-order valence-electron chi connectivity index (χ3n) is 0.445. The molecule has 0 aliphatic heterocycles. The molecule has 0 fully saturated rings. The smallest absolute Gasteiger partial charge is 0.325 e. The van der Waals surface area contributed by atoms with Gasteiger partial charge in [0.15, 0.2) is 0 Å². The van der Waals surface area contributed by atoms with Crippen LogP contribution < -0.4 is 0 Å². The van der Waals surface area contributed by atoms with Crippen LogP contribution >= 0.6 is 11.6 Å². The van der Waals surface area contributed by atoms with Gasteiger partial charge < -0.3 is 4.74 Å². The van der Waals surface area contributed by atoms with Crippen molar-refractivity contribution in [1.29, 1.82) is 0 Å². The van der Waals surface area contributed by atoms with Gasteiger partial charge in [0.1, 0.15) is 5.88 Å². The summed E-state index contributed by atoms with van der Waals surface area (Å²) in [6.45, 7) is 1.75. The van der Waals surface area contributed by atoms with Crippen LogP contribution in [-0.2, 0) is 9.53 Å². The van der Waals surface area contributed by atoms with Crippen molar-refractivity contribution in [3.8, 4) is 0 Å². The maximum Gasteiger partial charge on any atom is 0.325 e. The average Bonchev–Trinajstić information content (AvgIpc) is 1.83. The largest absolute Gasteiger partial charge is 0.434 e. The molecule has 0 spiro atoms. The van der Waals surface area contributed by atoms with Crippen molar-refractivity contribution in [2.45, 2.75) is 6.92 Å². The fourth-order valence-corrected chi connectivity index (χ4v) is 0.238. The minimum atomic E-state index is -0.426. The first-order valence-electron chi connectivity index (χ1n) is 2.18. The molecule has 0 radical (unpaired) electrons. The lowest BCUT2D eigenvalue weighted by atomic mass is 10.7. The third-order valence-corrected chi connectivity index (χ3v) is 0.663. The summed E-state index contributed by atoms with van der Waals surface area (Å²) in [7, 11) is 0. The van der Waals surface area contributed by atoms with Gasteiger partial charge in [0.05, 0.1) is 6.26 Å². The summed E-state index contributed by atoms with van der Waals surface area (Å²) in [6.07, 6.45) is 2.91. The van der Waals surface area contributed by atoms with Crippen LogP contribution in [0.2, 0.25) is 0 Å². The number of alkyl halides is 1. The topological polar surface area (TPSA) is 26.3 Å². The minimum absolute atomic E-state index is 0.0929. The lowest BCUT2D eigenvalue weighted by Crippen LogP contribution is -1.99. The number of hydrogen-bond donors (Lipinski definition) is 0. The second-order valence-electron chi connectivity index (χ2n) is 1.09. The highest BCUT2D eigenvalue weighted by Crippen LogP contribution is 1.82. The molecule has 0 unspecified atom stereocenters. The lowest BCUT2D eigenvalue weighted by Gasteiger charge is -1.89. The molecule has 0 bridgehead atoms. The molecule has 0 amide bonds. The number of hydrogen-bond acceptors (Lipinski definition) is 2. The van der Waals surface area contributed by atoms with E-state index in [0.717, 1.165) is 0 Å².